The highest BCUT2D eigenvalue weighted by Crippen LogP contribution is 2.28. The molecule has 0 amide bonds. The minimum atomic E-state index is 0.485. The van der Waals surface area contributed by atoms with Gasteiger partial charge in [-0.15, -0.1) is 0 Å². The Morgan fingerprint density at radius 3 is 2.86 bits per heavy atom. The van der Waals surface area contributed by atoms with Crippen molar-refractivity contribution in [2.24, 2.45) is 5.92 Å². The molecule has 3 heteroatoms. The van der Waals surface area contributed by atoms with Crippen LogP contribution in [0.1, 0.15) is 38.5 Å². The number of para-hydroxylation sites is 1. The highest BCUT2D eigenvalue weighted by atomic mass is 16.3. The van der Waals surface area contributed by atoms with Gasteiger partial charge in [-0.1, -0.05) is 39.0 Å². The first kappa shape index (κ1) is 14.6. The summed E-state index contributed by atoms with van der Waals surface area (Å²) in [4.78, 5) is 2.52. The fraction of sp³-hybridized carbons (Fsp3) is 0.556. The Bertz CT molecular complexity index is 602. The van der Waals surface area contributed by atoms with E-state index in [0.717, 1.165) is 30.4 Å². The fourth-order valence-electron chi connectivity index (χ4n) is 3.15. The molecule has 1 N–H and O–H groups in total. The zero-order valence-corrected chi connectivity index (χ0v) is 13.4. The van der Waals surface area contributed by atoms with Crippen molar-refractivity contribution in [3.05, 3.63) is 35.6 Å². The smallest absolute Gasteiger partial charge is 0.134 e. The second-order valence-corrected chi connectivity index (χ2v) is 6.66. The standard InChI is InChI=1S/C18H26N2O/c1-13(2)19-10-16-15-6-4-5-7-17(15)21-18(16)12-20-9-8-14(3)11-20/h4-7,13-14,19H,8-12H2,1-3H3. The summed E-state index contributed by atoms with van der Waals surface area (Å²) in [7, 11) is 0. The predicted octanol–water partition coefficient (Wildman–Crippen LogP) is 3.77. The van der Waals surface area contributed by atoms with E-state index in [1.807, 2.05) is 6.07 Å². The van der Waals surface area contributed by atoms with E-state index in [2.05, 4.69) is 49.2 Å². The summed E-state index contributed by atoms with van der Waals surface area (Å²) in [6.07, 6.45) is 1.31. The topological polar surface area (TPSA) is 28.4 Å². The lowest BCUT2D eigenvalue weighted by Gasteiger charge is -2.15. The normalized spacial score (nSPS) is 19.9. The molecule has 0 bridgehead atoms. The van der Waals surface area contributed by atoms with Crippen molar-refractivity contribution in [2.45, 2.75) is 46.3 Å². The Labute approximate surface area is 127 Å². The summed E-state index contributed by atoms with van der Waals surface area (Å²) < 4.78 is 6.15. The van der Waals surface area contributed by atoms with Crippen LogP contribution in [0.25, 0.3) is 11.0 Å². The molecule has 1 saturated heterocycles. The molecular formula is C18H26N2O. The van der Waals surface area contributed by atoms with Gasteiger partial charge in [-0.25, -0.2) is 0 Å². The molecule has 1 aliphatic heterocycles. The molecule has 0 aliphatic carbocycles. The van der Waals surface area contributed by atoms with E-state index in [1.165, 1.54) is 30.5 Å². The molecular weight excluding hydrogens is 260 g/mol. The first-order valence-corrected chi connectivity index (χ1v) is 8.08. The van der Waals surface area contributed by atoms with Gasteiger partial charge in [-0.05, 0) is 24.9 Å². The summed E-state index contributed by atoms with van der Waals surface area (Å²) in [6, 6.07) is 8.88. The molecule has 114 valence electrons. The van der Waals surface area contributed by atoms with Crippen molar-refractivity contribution in [2.75, 3.05) is 13.1 Å². The Balaban J connectivity index is 1.86. The summed E-state index contributed by atoms with van der Waals surface area (Å²) in [5, 5.41) is 4.79. The minimum absolute atomic E-state index is 0.485. The number of benzene rings is 1. The lowest BCUT2D eigenvalue weighted by molar-refractivity contribution is 0.291. The summed E-state index contributed by atoms with van der Waals surface area (Å²) in [6.45, 7) is 10.9. The van der Waals surface area contributed by atoms with Crippen LogP contribution < -0.4 is 5.32 Å². The number of nitrogens with one attached hydrogen (secondary N) is 1. The molecule has 3 nitrogen and oxygen atoms in total. The molecule has 1 atom stereocenters. The predicted molar refractivity (Wildman–Crippen MR) is 87.2 cm³/mol. The van der Waals surface area contributed by atoms with Crippen LogP contribution in [0.2, 0.25) is 0 Å². The van der Waals surface area contributed by atoms with Gasteiger partial charge in [0, 0.05) is 30.1 Å². The summed E-state index contributed by atoms with van der Waals surface area (Å²) in [5.74, 6) is 1.95. The second kappa shape index (κ2) is 6.20. The molecule has 21 heavy (non-hydrogen) atoms. The maximum absolute atomic E-state index is 6.15. The average molecular weight is 286 g/mol. The van der Waals surface area contributed by atoms with Gasteiger partial charge in [-0.2, -0.15) is 0 Å². The van der Waals surface area contributed by atoms with Gasteiger partial charge < -0.3 is 9.73 Å². The molecule has 3 rings (SSSR count). The highest BCUT2D eigenvalue weighted by Gasteiger charge is 2.22. The number of likely N-dealkylation sites (tertiary alicyclic amines) is 1. The number of nitrogens with zero attached hydrogens (tertiary/aromatic N) is 1. The third-order valence-electron chi connectivity index (χ3n) is 4.34. The first-order chi connectivity index (χ1) is 10.1. The maximum atomic E-state index is 6.15. The van der Waals surface area contributed by atoms with Crippen LogP contribution in [0.5, 0.6) is 0 Å². The van der Waals surface area contributed by atoms with Crippen molar-refractivity contribution in [3.8, 4) is 0 Å². The Hall–Kier alpha value is -1.32. The van der Waals surface area contributed by atoms with Crippen molar-refractivity contribution in [1.82, 2.24) is 10.2 Å². The quantitative estimate of drug-likeness (QED) is 0.907. The number of fused-ring (bicyclic) bond motifs is 1. The lowest BCUT2D eigenvalue weighted by atomic mass is 10.1. The Kier molecular flexibility index (Phi) is 4.32. The van der Waals surface area contributed by atoms with Gasteiger partial charge in [0.2, 0.25) is 0 Å². The molecule has 1 fully saturated rings. The first-order valence-electron chi connectivity index (χ1n) is 8.08. The summed E-state index contributed by atoms with van der Waals surface area (Å²) >= 11 is 0. The minimum Gasteiger partial charge on any atom is -0.459 e. The van der Waals surface area contributed by atoms with Crippen molar-refractivity contribution >= 4 is 11.0 Å². The number of rotatable bonds is 5. The highest BCUT2D eigenvalue weighted by molar-refractivity contribution is 5.82. The lowest BCUT2D eigenvalue weighted by Crippen LogP contribution is -2.24. The van der Waals surface area contributed by atoms with Crippen LogP contribution in [-0.2, 0) is 13.1 Å². The van der Waals surface area contributed by atoms with E-state index in [9.17, 15) is 0 Å². The van der Waals surface area contributed by atoms with E-state index in [1.54, 1.807) is 0 Å². The van der Waals surface area contributed by atoms with E-state index < -0.39 is 0 Å². The van der Waals surface area contributed by atoms with Gasteiger partial charge in [-0.3, -0.25) is 4.90 Å². The van der Waals surface area contributed by atoms with Gasteiger partial charge in [0.1, 0.15) is 11.3 Å². The Morgan fingerprint density at radius 2 is 2.14 bits per heavy atom. The van der Waals surface area contributed by atoms with Crippen LogP contribution in [-0.4, -0.2) is 24.0 Å². The van der Waals surface area contributed by atoms with Crippen LogP contribution in [0.15, 0.2) is 28.7 Å². The van der Waals surface area contributed by atoms with Crippen molar-refractivity contribution in [3.63, 3.8) is 0 Å². The zero-order chi connectivity index (χ0) is 14.8. The summed E-state index contributed by atoms with van der Waals surface area (Å²) in [5.41, 5.74) is 2.35. The largest absolute Gasteiger partial charge is 0.459 e. The molecule has 0 radical (unpaired) electrons. The van der Waals surface area contributed by atoms with E-state index in [4.69, 9.17) is 4.42 Å². The second-order valence-electron chi connectivity index (χ2n) is 6.66. The van der Waals surface area contributed by atoms with E-state index in [-0.39, 0.29) is 0 Å². The maximum Gasteiger partial charge on any atom is 0.134 e. The van der Waals surface area contributed by atoms with E-state index in [0.29, 0.717) is 6.04 Å². The SMILES string of the molecule is CC1CCN(Cc2oc3ccccc3c2CNC(C)C)C1. The average Bonchev–Trinajstić information content (AvgIpc) is 3.00. The van der Waals surface area contributed by atoms with Crippen molar-refractivity contribution < 1.29 is 4.42 Å². The molecule has 1 aromatic carbocycles. The van der Waals surface area contributed by atoms with Gasteiger partial charge in [0.25, 0.3) is 0 Å². The van der Waals surface area contributed by atoms with Crippen LogP contribution >= 0.6 is 0 Å². The monoisotopic (exact) mass is 286 g/mol. The fourth-order valence-corrected chi connectivity index (χ4v) is 3.15. The van der Waals surface area contributed by atoms with Crippen molar-refractivity contribution in [1.29, 1.82) is 0 Å². The molecule has 0 saturated carbocycles. The molecule has 1 aromatic heterocycles. The van der Waals surface area contributed by atoms with Crippen LogP contribution in [0, 0.1) is 5.92 Å². The van der Waals surface area contributed by atoms with E-state index >= 15 is 0 Å². The Morgan fingerprint density at radius 1 is 1.33 bits per heavy atom. The number of hydrogen-bond donors (Lipinski definition) is 1. The molecule has 0 spiro atoms. The van der Waals surface area contributed by atoms with Gasteiger partial charge in [0.05, 0.1) is 6.54 Å². The third-order valence-corrected chi connectivity index (χ3v) is 4.34. The van der Waals surface area contributed by atoms with Crippen LogP contribution in [0.4, 0.5) is 0 Å². The van der Waals surface area contributed by atoms with Gasteiger partial charge in [0.15, 0.2) is 0 Å². The number of hydrogen-bond acceptors (Lipinski definition) is 3. The molecule has 1 aliphatic rings. The molecule has 2 heterocycles. The third kappa shape index (κ3) is 3.30. The molecule has 1 unspecified atom stereocenters. The molecule has 2 aromatic rings. The zero-order valence-electron chi connectivity index (χ0n) is 13.4. The van der Waals surface area contributed by atoms with Crippen LogP contribution in [0.3, 0.4) is 0 Å². The van der Waals surface area contributed by atoms with Gasteiger partial charge >= 0.3 is 0 Å². The number of furan rings is 1.